The molecule has 2 aromatic rings. The molecule has 33 heavy (non-hydrogen) atoms. The predicted octanol–water partition coefficient (Wildman–Crippen LogP) is 3.87. The molecule has 1 aromatic carbocycles. The van der Waals surface area contributed by atoms with Gasteiger partial charge >= 0.3 is 6.09 Å². The Kier molecular flexibility index (Phi) is 6.46. The number of nitrogens with one attached hydrogen (secondary N) is 2. The summed E-state index contributed by atoms with van der Waals surface area (Å²) in [4.78, 5) is 25.3. The minimum atomic E-state index is -0.358. The molecule has 1 aromatic heterocycles. The Morgan fingerprint density at radius 2 is 1.91 bits per heavy atom. The van der Waals surface area contributed by atoms with Crippen LogP contribution in [0.5, 0.6) is 0 Å². The van der Waals surface area contributed by atoms with E-state index in [0.717, 1.165) is 37.7 Å². The minimum absolute atomic E-state index is 0.0452. The van der Waals surface area contributed by atoms with Gasteiger partial charge < -0.3 is 15.4 Å². The standard InChI is InChI=1S/C25H34N6O2/c1-3-31-23-21(16-33-25(31)32)15-27-24(29-23)28-17(2)19-6-8-20(9-7-19)22(14-18-4-5-18)30-12-10-26-11-13-30/h6-9,15,17-18,22,26H,3-5,10-14,16H2,1-2H3,(H,27,28,29)/t17-,22+/m0/s1. The molecule has 8 heteroatoms. The van der Waals surface area contributed by atoms with Gasteiger partial charge in [0.2, 0.25) is 5.95 Å². The Morgan fingerprint density at radius 3 is 2.61 bits per heavy atom. The Morgan fingerprint density at radius 1 is 1.18 bits per heavy atom. The summed E-state index contributed by atoms with van der Waals surface area (Å²) in [6.45, 7) is 9.15. The van der Waals surface area contributed by atoms with Crippen molar-refractivity contribution in [3.8, 4) is 0 Å². The van der Waals surface area contributed by atoms with E-state index >= 15 is 0 Å². The molecule has 0 unspecified atom stereocenters. The van der Waals surface area contributed by atoms with Crippen LogP contribution in [-0.4, -0.2) is 53.7 Å². The van der Waals surface area contributed by atoms with Gasteiger partial charge in [-0.2, -0.15) is 4.98 Å². The molecule has 0 bridgehead atoms. The summed E-state index contributed by atoms with van der Waals surface area (Å²) in [7, 11) is 0. The van der Waals surface area contributed by atoms with Gasteiger partial charge in [-0.1, -0.05) is 37.1 Å². The predicted molar refractivity (Wildman–Crippen MR) is 128 cm³/mol. The number of amides is 1. The number of nitrogens with zero attached hydrogens (tertiary/aromatic N) is 4. The van der Waals surface area contributed by atoms with Crippen molar-refractivity contribution in [2.24, 2.45) is 5.92 Å². The largest absolute Gasteiger partial charge is 0.444 e. The number of ether oxygens (including phenoxy) is 1. The van der Waals surface area contributed by atoms with Gasteiger partial charge in [-0.25, -0.2) is 9.78 Å². The van der Waals surface area contributed by atoms with Crippen LogP contribution >= 0.6 is 0 Å². The molecule has 1 saturated heterocycles. The molecule has 2 atom stereocenters. The zero-order valence-electron chi connectivity index (χ0n) is 19.6. The second-order valence-corrected chi connectivity index (χ2v) is 9.35. The normalized spacial score (nSPS) is 20.7. The molecule has 2 fully saturated rings. The lowest BCUT2D eigenvalue weighted by atomic mass is 9.96. The smallest absolute Gasteiger partial charge is 0.415 e. The molecule has 1 aliphatic carbocycles. The first-order valence-electron chi connectivity index (χ1n) is 12.2. The fraction of sp³-hybridized carbons (Fsp3) is 0.560. The van der Waals surface area contributed by atoms with Crippen molar-refractivity contribution < 1.29 is 9.53 Å². The molecule has 176 valence electrons. The summed E-state index contributed by atoms with van der Waals surface area (Å²) >= 11 is 0. The van der Waals surface area contributed by atoms with Crippen LogP contribution in [0.3, 0.4) is 0 Å². The van der Waals surface area contributed by atoms with Crippen LogP contribution in [0.15, 0.2) is 30.5 Å². The Labute approximate surface area is 195 Å². The van der Waals surface area contributed by atoms with Crippen LogP contribution in [0.1, 0.15) is 61.9 Å². The molecule has 0 radical (unpaired) electrons. The van der Waals surface area contributed by atoms with Gasteiger partial charge in [0.15, 0.2) is 0 Å². The average Bonchev–Trinajstić information content (AvgIpc) is 3.67. The average molecular weight is 451 g/mol. The van der Waals surface area contributed by atoms with Gasteiger partial charge in [-0.05, 0) is 37.3 Å². The number of aromatic nitrogens is 2. The summed E-state index contributed by atoms with van der Waals surface area (Å²) in [6.07, 6.45) is 5.42. The molecule has 1 saturated carbocycles. The maximum atomic E-state index is 12.0. The van der Waals surface area contributed by atoms with Crippen molar-refractivity contribution in [1.82, 2.24) is 20.2 Å². The fourth-order valence-electron chi connectivity index (χ4n) is 4.83. The van der Waals surface area contributed by atoms with Crippen LogP contribution in [0.25, 0.3) is 0 Å². The number of hydrogen-bond acceptors (Lipinski definition) is 7. The van der Waals surface area contributed by atoms with E-state index in [2.05, 4.69) is 56.7 Å². The van der Waals surface area contributed by atoms with E-state index in [0.29, 0.717) is 24.4 Å². The van der Waals surface area contributed by atoms with E-state index in [9.17, 15) is 4.79 Å². The Bertz CT molecular complexity index is 971. The summed E-state index contributed by atoms with van der Waals surface area (Å²) in [5.74, 6) is 2.05. The zero-order valence-corrected chi connectivity index (χ0v) is 19.6. The van der Waals surface area contributed by atoms with E-state index in [-0.39, 0.29) is 18.7 Å². The summed E-state index contributed by atoms with van der Waals surface area (Å²) in [5.41, 5.74) is 3.44. The lowest BCUT2D eigenvalue weighted by Crippen LogP contribution is -2.45. The van der Waals surface area contributed by atoms with E-state index in [4.69, 9.17) is 4.74 Å². The third kappa shape index (κ3) is 4.96. The lowest BCUT2D eigenvalue weighted by Gasteiger charge is -2.35. The fourth-order valence-corrected chi connectivity index (χ4v) is 4.83. The van der Waals surface area contributed by atoms with E-state index in [1.54, 1.807) is 11.1 Å². The first-order chi connectivity index (χ1) is 16.1. The van der Waals surface area contributed by atoms with Crippen molar-refractivity contribution >= 4 is 17.9 Å². The van der Waals surface area contributed by atoms with Crippen LogP contribution in [0, 0.1) is 5.92 Å². The topological polar surface area (TPSA) is 82.6 Å². The molecular formula is C25H34N6O2. The molecular weight excluding hydrogens is 416 g/mol. The molecule has 1 amide bonds. The van der Waals surface area contributed by atoms with Crippen LogP contribution in [-0.2, 0) is 11.3 Å². The number of hydrogen-bond donors (Lipinski definition) is 2. The minimum Gasteiger partial charge on any atom is -0.444 e. The number of fused-ring (bicyclic) bond motifs is 1. The second kappa shape index (κ2) is 9.65. The van der Waals surface area contributed by atoms with Crippen molar-refractivity contribution in [2.75, 3.05) is 42.9 Å². The van der Waals surface area contributed by atoms with E-state index in [1.807, 2.05) is 6.92 Å². The first-order valence-corrected chi connectivity index (χ1v) is 12.2. The van der Waals surface area contributed by atoms with Gasteiger partial charge in [0.1, 0.15) is 12.4 Å². The number of benzene rings is 1. The number of anilines is 2. The van der Waals surface area contributed by atoms with Crippen molar-refractivity contribution in [3.63, 3.8) is 0 Å². The van der Waals surface area contributed by atoms with Crippen molar-refractivity contribution in [3.05, 3.63) is 47.2 Å². The van der Waals surface area contributed by atoms with Crippen LogP contribution < -0.4 is 15.5 Å². The number of carbonyl (C=O) groups is 1. The first kappa shape index (κ1) is 22.1. The highest BCUT2D eigenvalue weighted by molar-refractivity contribution is 5.89. The summed E-state index contributed by atoms with van der Waals surface area (Å²) in [5, 5.41) is 6.88. The lowest BCUT2D eigenvalue weighted by molar-refractivity contribution is 0.141. The van der Waals surface area contributed by atoms with Gasteiger partial charge in [0.05, 0.1) is 11.6 Å². The second-order valence-electron chi connectivity index (χ2n) is 9.35. The Hall–Kier alpha value is -2.71. The van der Waals surface area contributed by atoms with Crippen LogP contribution in [0.4, 0.5) is 16.6 Å². The quantitative estimate of drug-likeness (QED) is 0.632. The van der Waals surface area contributed by atoms with Gasteiger partial charge in [-0.3, -0.25) is 9.80 Å². The molecule has 5 rings (SSSR count). The van der Waals surface area contributed by atoms with E-state index < -0.39 is 0 Å². The van der Waals surface area contributed by atoms with E-state index in [1.165, 1.54) is 30.4 Å². The third-order valence-electron chi connectivity index (χ3n) is 7.00. The monoisotopic (exact) mass is 450 g/mol. The molecule has 8 nitrogen and oxygen atoms in total. The highest BCUT2D eigenvalue weighted by Gasteiger charge is 2.30. The van der Waals surface area contributed by atoms with Gasteiger partial charge in [0.25, 0.3) is 0 Å². The van der Waals surface area contributed by atoms with Gasteiger partial charge in [0, 0.05) is 45.0 Å². The molecule has 3 heterocycles. The molecule has 2 aliphatic heterocycles. The Balaban J connectivity index is 1.29. The number of rotatable bonds is 8. The molecule has 2 N–H and O–H groups in total. The van der Waals surface area contributed by atoms with Crippen molar-refractivity contribution in [2.45, 2.75) is 51.8 Å². The number of cyclic esters (lactones) is 1. The number of carbonyl (C=O) groups excluding carboxylic acids is 1. The number of piperazine rings is 1. The summed E-state index contributed by atoms with van der Waals surface area (Å²) in [6, 6.07) is 9.60. The van der Waals surface area contributed by atoms with Crippen LogP contribution in [0.2, 0.25) is 0 Å². The molecule has 3 aliphatic rings. The SMILES string of the molecule is CCN1C(=O)OCc2cnc(N[C@@H](C)c3ccc([C@@H](CC4CC4)N4CCNCC4)cc3)nc21. The zero-order chi connectivity index (χ0) is 22.8. The summed E-state index contributed by atoms with van der Waals surface area (Å²) < 4.78 is 5.18. The van der Waals surface area contributed by atoms with Gasteiger partial charge in [-0.15, -0.1) is 0 Å². The third-order valence-corrected chi connectivity index (χ3v) is 7.00. The molecule has 0 spiro atoms. The highest BCUT2D eigenvalue weighted by atomic mass is 16.6. The highest BCUT2D eigenvalue weighted by Crippen LogP contribution is 2.40. The maximum absolute atomic E-state index is 12.0. The van der Waals surface area contributed by atoms with Crippen molar-refractivity contribution in [1.29, 1.82) is 0 Å². The maximum Gasteiger partial charge on any atom is 0.415 e.